The fraction of sp³-hybridized carbons (Fsp3) is 0.409. The van der Waals surface area contributed by atoms with Gasteiger partial charge in [0.1, 0.15) is 5.75 Å². The van der Waals surface area contributed by atoms with Crippen molar-refractivity contribution in [2.45, 2.75) is 52.5 Å². The van der Waals surface area contributed by atoms with Gasteiger partial charge in [0.15, 0.2) is 0 Å². The molecule has 0 radical (unpaired) electrons. The smallest absolute Gasteiger partial charge is 0.224 e. The molecule has 25 heavy (non-hydrogen) atoms. The highest BCUT2D eigenvalue weighted by Gasteiger charge is 2.15. The SMILES string of the molecule is COc1ccc(CC(=O)NC(C)c2ccc(C(C)(C)C)cc2)cc1C. The number of amides is 1. The van der Waals surface area contributed by atoms with E-state index in [9.17, 15) is 4.79 Å². The maximum atomic E-state index is 12.3. The van der Waals surface area contributed by atoms with E-state index in [2.05, 4.69) is 50.4 Å². The molecule has 0 aliphatic heterocycles. The lowest BCUT2D eigenvalue weighted by atomic mass is 9.86. The molecule has 2 aromatic carbocycles. The molecule has 0 fully saturated rings. The van der Waals surface area contributed by atoms with E-state index in [1.54, 1.807) is 7.11 Å². The van der Waals surface area contributed by atoms with Crippen LogP contribution < -0.4 is 10.1 Å². The highest BCUT2D eigenvalue weighted by molar-refractivity contribution is 5.79. The Morgan fingerprint density at radius 3 is 2.28 bits per heavy atom. The average molecular weight is 339 g/mol. The molecular formula is C22H29NO2. The maximum absolute atomic E-state index is 12.3. The number of benzene rings is 2. The molecule has 1 amide bonds. The molecule has 3 heteroatoms. The van der Waals surface area contributed by atoms with Crippen LogP contribution in [0.25, 0.3) is 0 Å². The summed E-state index contributed by atoms with van der Waals surface area (Å²) in [6.07, 6.45) is 0.370. The first-order chi connectivity index (χ1) is 11.7. The highest BCUT2D eigenvalue weighted by atomic mass is 16.5. The molecule has 0 spiro atoms. The minimum atomic E-state index is -0.0131. The third-order valence-corrected chi connectivity index (χ3v) is 4.48. The Morgan fingerprint density at radius 1 is 1.12 bits per heavy atom. The van der Waals surface area contributed by atoms with E-state index in [0.717, 1.165) is 22.4 Å². The van der Waals surface area contributed by atoms with Gasteiger partial charge in [0.05, 0.1) is 19.6 Å². The van der Waals surface area contributed by atoms with Gasteiger partial charge in [-0.05, 0) is 47.6 Å². The topological polar surface area (TPSA) is 38.3 Å². The summed E-state index contributed by atoms with van der Waals surface area (Å²) >= 11 is 0. The van der Waals surface area contributed by atoms with Crippen LogP contribution in [-0.2, 0) is 16.6 Å². The summed E-state index contributed by atoms with van der Waals surface area (Å²) in [6.45, 7) is 10.6. The Balaban J connectivity index is 1.99. The third-order valence-electron chi connectivity index (χ3n) is 4.48. The minimum Gasteiger partial charge on any atom is -0.496 e. The molecule has 0 saturated heterocycles. The summed E-state index contributed by atoms with van der Waals surface area (Å²) < 4.78 is 5.26. The molecule has 0 heterocycles. The number of hydrogen-bond donors (Lipinski definition) is 1. The van der Waals surface area contributed by atoms with Gasteiger partial charge in [-0.25, -0.2) is 0 Å². The molecule has 0 aliphatic carbocycles. The molecule has 0 aromatic heterocycles. The first-order valence-corrected chi connectivity index (χ1v) is 8.74. The predicted octanol–water partition coefficient (Wildman–Crippen LogP) is 4.72. The van der Waals surface area contributed by atoms with Gasteiger partial charge >= 0.3 is 0 Å². The largest absolute Gasteiger partial charge is 0.496 e. The quantitative estimate of drug-likeness (QED) is 0.856. The molecule has 0 aliphatic rings. The number of aryl methyl sites for hydroxylation is 1. The summed E-state index contributed by atoms with van der Waals surface area (Å²) in [5, 5.41) is 3.08. The van der Waals surface area contributed by atoms with Crippen molar-refractivity contribution in [2.24, 2.45) is 0 Å². The van der Waals surface area contributed by atoms with E-state index >= 15 is 0 Å². The molecule has 0 bridgehead atoms. The lowest BCUT2D eigenvalue weighted by Gasteiger charge is -2.21. The van der Waals surface area contributed by atoms with Crippen LogP contribution in [0, 0.1) is 6.92 Å². The predicted molar refractivity (Wildman–Crippen MR) is 103 cm³/mol. The van der Waals surface area contributed by atoms with Crippen molar-refractivity contribution < 1.29 is 9.53 Å². The van der Waals surface area contributed by atoms with Crippen molar-refractivity contribution in [3.05, 3.63) is 64.7 Å². The standard InChI is InChI=1S/C22H29NO2/c1-15-13-17(7-12-20(15)25-6)14-21(24)23-16(2)18-8-10-19(11-9-18)22(3,4)5/h7-13,16H,14H2,1-6H3,(H,23,24). The normalized spacial score (nSPS) is 12.6. The van der Waals surface area contributed by atoms with E-state index in [1.165, 1.54) is 5.56 Å². The molecule has 2 rings (SSSR count). The minimum absolute atomic E-state index is 0.0131. The van der Waals surface area contributed by atoms with Crippen molar-refractivity contribution in [3.8, 4) is 5.75 Å². The van der Waals surface area contributed by atoms with Crippen molar-refractivity contribution in [3.63, 3.8) is 0 Å². The number of nitrogens with one attached hydrogen (secondary N) is 1. The van der Waals surface area contributed by atoms with Crippen molar-refractivity contribution in [1.29, 1.82) is 0 Å². The van der Waals surface area contributed by atoms with Gasteiger partial charge in [0, 0.05) is 0 Å². The molecule has 1 atom stereocenters. The van der Waals surface area contributed by atoms with Gasteiger partial charge in [0.25, 0.3) is 0 Å². The third kappa shape index (κ3) is 5.09. The number of methoxy groups -OCH3 is 1. The molecule has 1 unspecified atom stereocenters. The second-order valence-corrected chi connectivity index (χ2v) is 7.64. The number of hydrogen-bond acceptors (Lipinski definition) is 2. The Kier molecular flexibility index (Phi) is 5.89. The van der Waals surface area contributed by atoms with Crippen molar-refractivity contribution >= 4 is 5.91 Å². The first-order valence-electron chi connectivity index (χ1n) is 8.74. The second-order valence-electron chi connectivity index (χ2n) is 7.64. The molecule has 134 valence electrons. The van der Waals surface area contributed by atoms with Gasteiger partial charge in [0.2, 0.25) is 5.91 Å². The van der Waals surface area contributed by atoms with Crippen LogP contribution in [0.5, 0.6) is 5.75 Å². The van der Waals surface area contributed by atoms with Crippen molar-refractivity contribution in [1.82, 2.24) is 5.32 Å². The summed E-state index contributed by atoms with van der Waals surface area (Å²) in [4.78, 5) is 12.3. The molecular weight excluding hydrogens is 310 g/mol. The Hall–Kier alpha value is -2.29. The summed E-state index contributed by atoms with van der Waals surface area (Å²) in [5.74, 6) is 0.869. The first kappa shape index (κ1) is 19.0. The van der Waals surface area contributed by atoms with Gasteiger partial charge < -0.3 is 10.1 Å². The van der Waals surface area contributed by atoms with E-state index in [1.807, 2.05) is 32.0 Å². The van der Waals surface area contributed by atoms with E-state index in [-0.39, 0.29) is 17.4 Å². The van der Waals surface area contributed by atoms with Crippen LogP contribution >= 0.6 is 0 Å². The van der Waals surface area contributed by atoms with Crippen LogP contribution in [-0.4, -0.2) is 13.0 Å². The Bertz CT molecular complexity index is 727. The van der Waals surface area contributed by atoms with Crippen LogP contribution in [0.4, 0.5) is 0 Å². The van der Waals surface area contributed by atoms with Gasteiger partial charge in [-0.2, -0.15) is 0 Å². The molecule has 1 N–H and O–H groups in total. The molecule has 2 aromatic rings. The zero-order valence-electron chi connectivity index (χ0n) is 16.1. The highest BCUT2D eigenvalue weighted by Crippen LogP contribution is 2.24. The second kappa shape index (κ2) is 7.73. The summed E-state index contributed by atoms with van der Waals surface area (Å²) in [5.41, 5.74) is 4.58. The fourth-order valence-electron chi connectivity index (χ4n) is 2.88. The summed E-state index contributed by atoms with van der Waals surface area (Å²) in [7, 11) is 1.65. The summed E-state index contributed by atoms with van der Waals surface area (Å²) in [6, 6.07) is 14.3. The fourth-order valence-corrected chi connectivity index (χ4v) is 2.88. The molecule has 3 nitrogen and oxygen atoms in total. The monoisotopic (exact) mass is 339 g/mol. The average Bonchev–Trinajstić information content (AvgIpc) is 2.54. The van der Waals surface area contributed by atoms with E-state index in [0.29, 0.717) is 6.42 Å². The van der Waals surface area contributed by atoms with Crippen molar-refractivity contribution in [2.75, 3.05) is 7.11 Å². The Morgan fingerprint density at radius 2 is 1.76 bits per heavy atom. The van der Waals surface area contributed by atoms with Crippen LogP contribution in [0.1, 0.15) is 56.0 Å². The zero-order valence-corrected chi connectivity index (χ0v) is 16.1. The Labute approximate surface area is 151 Å². The molecule has 0 saturated carbocycles. The lowest BCUT2D eigenvalue weighted by molar-refractivity contribution is -0.121. The van der Waals surface area contributed by atoms with E-state index in [4.69, 9.17) is 4.74 Å². The number of rotatable bonds is 5. The lowest BCUT2D eigenvalue weighted by Crippen LogP contribution is -2.28. The van der Waals surface area contributed by atoms with Crippen LogP contribution in [0.2, 0.25) is 0 Å². The van der Waals surface area contributed by atoms with Gasteiger partial charge in [-0.3, -0.25) is 4.79 Å². The zero-order chi connectivity index (χ0) is 18.6. The maximum Gasteiger partial charge on any atom is 0.224 e. The van der Waals surface area contributed by atoms with Gasteiger partial charge in [-0.15, -0.1) is 0 Å². The number of carbonyl (C=O) groups is 1. The van der Waals surface area contributed by atoms with Crippen LogP contribution in [0.15, 0.2) is 42.5 Å². The van der Waals surface area contributed by atoms with Gasteiger partial charge in [-0.1, -0.05) is 57.2 Å². The number of carbonyl (C=O) groups excluding carboxylic acids is 1. The number of ether oxygens (including phenoxy) is 1. The van der Waals surface area contributed by atoms with Crippen LogP contribution in [0.3, 0.4) is 0 Å². The van der Waals surface area contributed by atoms with E-state index < -0.39 is 0 Å².